The van der Waals surface area contributed by atoms with Gasteiger partial charge in [0.05, 0.1) is 0 Å². The average molecular weight is 374 g/mol. The fraction of sp³-hybridized carbons (Fsp3) is 0.0870. The third kappa shape index (κ3) is 4.04. The van der Waals surface area contributed by atoms with E-state index in [9.17, 15) is 9.18 Å². The van der Waals surface area contributed by atoms with Crippen LogP contribution in [0.5, 0.6) is 5.75 Å². The molecule has 0 unspecified atom stereocenters. The highest BCUT2D eigenvalue weighted by Crippen LogP contribution is 2.22. The number of nitrogens with one attached hydrogen (secondary N) is 2. The zero-order chi connectivity index (χ0) is 19.3. The highest BCUT2D eigenvalue weighted by atomic mass is 19.1. The van der Waals surface area contributed by atoms with Crippen molar-refractivity contribution in [3.8, 4) is 5.75 Å². The number of hydrogen-bond donors (Lipinski definition) is 2. The summed E-state index contributed by atoms with van der Waals surface area (Å²) in [7, 11) is 0. The minimum Gasteiger partial charge on any atom is -0.489 e. The van der Waals surface area contributed by atoms with Crippen molar-refractivity contribution in [3.63, 3.8) is 0 Å². The molecule has 0 spiro atoms. The molecule has 140 valence electrons. The maximum Gasteiger partial charge on any atom is 0.267 e. The number of H-pyrrole nitrogens is 1. The lowest BCUT2D eigenvalue weighted by atomic mass is 10.2. The van der Waals surface area contributed by atoms with Crippen LogP contribution < -0.4 is 10.1 Å². The van der Waals surface area contributed by atoms with Crippen LogP contribution in [0.4, 0.5) is 4.39 Å². The lowest BCUT2D eigenvalue weighted by Gasteiger charge is -2.06. The summed E-state index contributed by atoms with van der Waals surface area (Å²) in [6.45, 7) is 0.606. The van der Waals surface area contributed by atoms with Crippen molar-refractivity contribution >= 4 is 16.8 Å². The molecule has 28 heavy (non-hydrogen) atoms. The van der Waals surface area contributed by atoms with Gasteiger partial charge in [0.1, 0.15) is 23.9 Å². The molecule has 0 fully saturated rings. The van der Waals surface area contributed by atoms with Gasteiger partial charge in [0, 0.05) is 29.1 Å². The van der Waals surface area contributed by atoms with Crippen LogP contribution in [0.1, 0.15) is 21.6 Å². The van der Waals surface area contributed by atoms with Crippen LogP contribution in [0.2, 0.25) is 0 Å². The van der Waals surface area contributed by atoms with E-state index in [2.05, 4.69) is 10.3 Å². The summed E-state index contributed by atoms with van der Waals surface area (Å²) in [5.74, 6) is 0.0994. The molecule has 4 nitrogen and oxygen atoms in total. The number of carbonyl (C=O) groups excluding carboxylic acids is 1. The standard InChI is InChI=1S/C23H19FN2O2/c24-20-9-5-4-8-18(20)14-25-23(27)22-12-17-10-11-19(13-21(17)26-22)28-15-16-6-2-1-3-7-16/h1-13,26H,14-15H2,(H,25,27). The molecular formula is C23H19FN2O2. The first kappa shape index (κ1) is 17.8. The maximum absolute atomic E-state index is 13.7. The van der Waals surface area contributed by atoms with Gasteiger partial charge in [0.15, 0.2) is 0 Å². The van der Waals surface area contributed by atoms with Crippen LogP contribution in [0.15, 0.2) is 78.9 Å². The number of rotatable bonds is 6. The molecule has 0 aliphatic carbocycles. The summed E-state index contributed by atoms with van der Waals surface area (Å²) in [5.41, 5.74) is 2.76. The highest BCUT2D eigenvalue weighted by molar-refractivity contribution is 5.98. The third-order valence-corrected chi connectivity index (χ3v) is 4.48. The number of benzene rings is 3. The number of amides is 1. The maximum atomic E-state index is 13.7. The van der Waals surface area contributed by atoms with Gasteiger partial charge in [-0.25, -0.2) is 4.39 Å². The molecule has 1 aromatic heterocycles. The summed E-state index contributed by atoms with van der Waals surface area (Å²) in [6, 6.07) is 23.7. The average Bonchev–Trinajstić information content (AvgIpc) is 3.16. The second-order valence-corrected chi connectivity index (χ2v) is 6.48. The second-order valence-electron chi connectivity index (χ2n) is 6.48. The van der Waals surface area contributed by atoms with E-state index in [4.69, 9.17) is 4.74 Å². The number of halogens is 1. The molecule has 0 bridgehead atoms. The quantitative estimate of drug-likeness (QED) is 0.509. The van der Waals surface area contributed by atoms with Crippen LogP contribution in [-0.2, 0) is 13.2 Å². The Kier molecular flexibility index (Phi) is 5.06. The second kappa shape index (κ2) is 7.96. The molecule has 0 radical (unpaired) electrons. The Morgan fingerprint density at radius 2 is 1.75 bits per heavy atom. The van der Waals surface area contributed by atoms with Crippen LogP contribution in [0, 0.1) is 5.82 Å². The molecule has 5 heteroatoms. The minimum absolute atomic E-state index is 0.131. The van der Waals surface area contributed by atoms with E-state index in [0.717, 1.165) is 22.2 Å². The zero-order valence-corrected chi connectivity index (χ0v) is 15.1. The van der Waals surface area contributed by atoms with Gasteiger partial charge in [-0.15, -0.1) is 0 Å². The zero-order valence-electron chi connectivity index (χ0n) is 15.1. The van der Waals surface area contributed by atoms with Gasteiger partial charge < -0.3 is 15.0 Å². The molecule has 0 aliphatic rings. The first-order valence-corrected chi connectivity index (χ1v) is 9.00. The van der Waals surface area contributed by atoms with Gasteiger partial charge in [-0.2, -0.15) is 0 Å². The van der Waals surface area contributed by atoms with Crippen LogP contribution in [0.25, 0.3) is 10.9 Å². The number of ether oxygens (including phenoxy) is 1. The SMILES string of the molecule is O=C(NCc1ccccc1F)c1cc2ccc(OCc3ccccc3)cc2[nH]1. The van der Waals surface area contributed by atoms with Gasteiger partial charge in [-0.1, -0.05) is 48.5 Å². The Morgan fingerprint density at radius 3 is 2.57 bits per heavy atom. The summed E-state index contributed by atoms with van der Waals surface area (Å²) in [5, 5.41) is 3.64. The van der Waals surface area contributed by atoms with E-state index in [1.54, 1.807) is 24.3 Å². The molecule has 4 aromatic rings. The number of aromatic nitrogens is 1. The van der Waals surface area contributed by atoms with Crippen LogP contribution in [-0.4, -0.2) is 10.9 Å². The lowest BCUT2D eigenvalue weighted by molar-refractivity contribution is 0.0946. The Balaban J connectivity index is 1.43. The molecule has 0 saturated carbocycles. The molecule has 3 aromatic carbocycles. The Labute approximate surface area is 162 Å². The fourth-order valence-electron chi connectivity index (χ4n) is 2.97. The largest absolute Gasteiger partial charge is 0.489 e. The van der Waals surface area contributed by atoms with Crippen LogP contribution >= 0.6 is 0 Å². The smallest absolute Gasteiger partial charge is 0.267 e. The number of carbonyl (C=O) groups is 1. The third-order valence-electron chi connectivity index (χ3n) is 4.48. The predicted octanol–water partition coefficient (Wildman–Crippen LogP) is 4.82. The fourth-order valence-corrected chi connectivity index (χ4v) is 2.97. The molecular weight excluding hydrogens is 355 g/mol. The topological polar surface area (TPSA) is 54.1 Å². The Hall–Kier alpha value is -3.60. The van der Waals surface area contributed by atoms with E-state index in [-0.39, 0.29) is 18.3 Å². The first-order chi connectivity index (χ1) is 13.7. The number of aromatic amines is 1. The lowest BCUT2D eigenvalue weighted by Crippen LogP contribution is -2.23. The molecule has 0 aliphatic heterocycles. The van der Waals surface area contributed by atoms with Crippen molar-refractivity contribution in [2.45, 2.75) is 13.2 Å². The summed E-state index contributed by atoms with van der Waals surface area (Å²) in [6.07, 6.45) is 0. The van der Waals surface area contributed by atoms with Crippen LogP contribution in [0.3, 0.4) is 0 Å². The van der Waals surface area contributed by atoms with E-state index in [1.165, 1.54) is 6.07 Å². The normalized spacial score (nSPS) is 10.8. The van der Waals surface area contributed by atoms with Crippen molar-refractivity contribution in [2.75, 3.05) is 0 Å². The van der Waals surface area contributed by atoms with Crippen molar-refractivity contribution in [1.29, 1.82) is 0 Å². The number of fused-ring (bicyclic) bond motifs is 1. The van der Waals surface area contributed by atoms with E-state index in [0.29, 0.717) is 17.9 Å². The van der Waals surface area contributed by atoms with E-state index < -0.39 is 0 Å². The molecule has 0 saturated heterocycles. The Bertz CT molecular complexity index is 1110. The van der Waals surface area contributed by atoms with Gasteiger partial charge in [0.25, 0.3) is 5.91 Å². The van der Waals surface area contributed by atoms with Crippen molar-refractivity contribution in [3.05, 3.63) is 102 Å². The molecule has 0 atom stereocenters. The van der Waals surface area contributed by atoms with Crippen molar-refractivity contribution in [1.82, 2.24) is 10.3 Å². The minimum atomic E-state index is -0.334. The summed E-state index contributed by atoms with van der Waals surface area (Å²) < 4.78 is 19.5. The van der Waals surface area contributed by atoms with Crippen molar-refractivity contribution in [2.24, 2.45) is 0 Å². The molecule has 1 amide bonds. The molecule has 4 rings (SSSR count). The predicted molar refractivity (Wildman–Crippen MR) is 107 cm³/mol. The van der Waals surface area contributed by atoms with Gasteiger partial charge in [-0.3, -0.25) is 4.79 Å². The monoisotopic (exact) mass is 374 g/mol. The van der Waals surface area contributed by atoms with E-state index >= 15 is 0 Å². The summed E-state index contributed by atoms with van der Waals surface area (Å²) in [4.78, 5) is 15.5. The molecule has 1 heterocycles. The first-order valence-electron chi connectivity index (χ1n) is 9.00. The number of hydrogen-bond acceptors (Lipinski definition) is 2. The highest BCUT2D eigenvalue weighted by Gasteiger charge is 2.11. The van der Waals surface area contributed by atoms with Gasteiger partial charge >= 0.3 is 0 Å². The summed E-state index contributed by atoms with van der Waals surface area (Å²) >= 11 is 0. The molecule has 2 N–H and O–H groups in total. The van der Waals surface area contributed by atoms with E-state index in [1.807, 2.05) is 48.5 Å². The van der Waals surface area contributed by atoms with Crippen molar-refractivity contribution < 1.29 is 13.9 Å². The Morgan fingerprint density at radius 1 is 0.964 bits per heavy atom. The van der Waals surface area contributed by atoms with Gasteiger partial charge in [0.2, 0.25) is 0 Å². The van der Waals surface area contributed by atoms with Gasteiger partial charge in [-0.05, 0) is 29.8 Å².